The van der Waals surface area contributed by atoms with Gasteiger partial charge in [0, 0.05) is 26.9 Å². The fourth-order valence-electron chi connectivity index (χ4n) is 3.74. The van der Waals surface area contributed by atoms with Crippen LogP contribution >= 0.6 is 0 Å². The highest BCUT2D eigenvalue weighted by atomic mass is 16.4. The van der Waals surface area contributed by atoms with Gasteiger partial charge < -0.3 is 14.2 Å². The molecule has 7 nitrogen and oxygen atoms in total. The third-order valence-corrected chi connectivity index (χ3v) is 5.01. The minimum atomic E-state index is -0.0953. The molecule has 2 aliphatic rings. The van der Waals surface area contributed by atoms with Crippen LogP contribution in [0.15, 0.2) is 4.42 Å². The predicted octanol–water partition coefficient (Wildman–Crippen LogP) is 1.52. The summed E-state index contributed by atoms with van der Waals surface area (Å²) < 4.78 is 5.29. The molecule has 0 unspecified atom stereocenters. The van der Waals surface area contributed by atoms with E-state index in [4.69, 9.17) is 4.42 Å². The van der Waals surface area contributed by atoms with Crippen LogP contribution in [0.25, 0.3) is 0 Å². The third-order valence-electron chi connectivity index (χ3n) is 5.01. The monoisotopic (exact) mass is 320 g/mol. The summed E-state index contributed by atoms with van der Waals surface area (Å²) in [4.78, 5) is 27.9. The molecule has 23 heavy (non-hydrogen) atoms. The molecule has 1 aliphatic carbocycles. The molecule has 0 bridgehead atoms. The van der Waals surface area contributed by atoms with Crippen molar-refractivity contribution in [1.29, 1.82) is 0 Å². The van der Waals surface area contributed by atoms with Crippen LogP contribution in [0.4, 0.5) is 0 Å². The topological polar surface area (TPSA) is 79.5 Å². The lowest BCUT2D eigenvalue weighted by molar-refractivity contribution is -0.138. The molecule has 0 aromatic carbocycles. The van der Waals surface area contributed by atoms with Crippen molar-refractivity contribution in [2.24, 2.45) is 5.41 Å². The Bertz CT molecular complexity index is 592. The summed E-state index contributed by atoms with van der Waals surface area (Å²) in [6.07, 6.45) is 6.49. The Balaban J connectivity index is 1.55. The first-order valence-corrected chi connectivity index (χ1v) is 8.28. The number of hydrogen-bond donors (Lipinski definition) is 0. The van der Waals surface area contributed by atoms with E-state index in [-0.39, 0.29) is 30.3 Å². The highest BCUT2D eigenvalue weighted by Gasteiger charge is 2.44. The average molecular weight is 320 g/mol. The van der Waals surface area contributed by atoms with Gasteiger partial charge in [0.2, 0.25) is 23.6 Å². The van der Waals surface area contributed by atoms with Crippen molar-refractivity contribution >= 4 is 11.8 Å². The zero-order valence-corrected chi connectivity index (χ0v) is 13.9. The van der Waals surface area contributed by atoms with Crippen molar-refractivity contribution in [3.63, 3.8) is 0 Å². The molecule has 1 saturated carbocycles. The third kappa shape index (κ3) is 3.54. The molecule has 1 aliphatic heterocycles. The van der Waals surface area contributed by atoms with E-state index in [1.165, 1.54) is 24.2 Å². The zero-order valence-electron chi connectivity index (χ0n) is 13.9. The van der Waals surface area contributed by atoms with Crippen LogP contribution < -0.4 is 0 Å². The number of likely N-dealkylation sites (tertiary alicyclic amines) is 1. The summed E-state index contributed by atoms with van der Waals surface area (Å²) in [5.41, 5.74) is 0.123. The van der Waals surface area contributed by atoms with E-state index in [0.29, 0.717) is 18.2 Å². The molecule has 2 amide bonds. The number of aryl methyl sites for hydroxylation is 1. The van der Waals surface area contributed by atoms with E-state index in [0.717, 1.165) is 19.4 Å². The number of amides is 2. The smallest absolute Gasteiger partial charge is 0.242 e. The maximum absolute atomic E-state index is 12.4. The van der Waals surface area contributed by atoms with Crippen molar-refractivity contribution < 1.29 is 14.0 Å². The first-order chi connectivity index (χ1) is 11.0. The number of carbonyl (C=O) groups is 2. The first-order valence-electron chi connectivity index (χ1n) is 8.28. The van der Waals surface area contributed by atoms with E-state index in [9.17, 15) is 9.59 Å². The van der Waals surface area contributed by atoms with Crippen LogP contribution in [0.1, 0.15) is 50.3 Å². The van der Waals surface area contributed by atoms with Gasteiger partial charge >= 0.3 is 0 Å². The zero-order chi connectivity index (χ0) is 16.4. The van der Waals surface area contributed by atoms with Crippen LogP contribution in [0, 0.1) is 12.3 Å². The summed E-state index contributed by atoms with van der Waals surface area (Å²) in [7, 11) is 1.69. The van der Waals surface area contributed by atoms with Crippen LogP contribution in [0.5, 0.6) is 0 Å². The summed E-state index contributed by atoms with van der Waals surface area (Å²) in [6.45, 7) is 2.85. The minimum Gasteiger partial charge on any atom is -0.424 e. The van der Waals surface area contributed by atoms with E-state index in [1.54, 1.807) is 18.9 Å². The Morgan fingerprint density at radius 3 is 2.70 bits per heavy atom. The van der Waals surface area contributed by atoms with Crippen molar-refractivity contribution in [1.82, 2.24) is 20.0 Å². The van der Waals surface area contributed by atoms with Gasteiger partial charge in [0.25, 0.3) is 0 Å². The van der Waals surface area contributed by atoms with E-state index in [1.807, 2.05) is 0 Å². The van der Waals surface area contributed by atoms with Crippen LogP contribution in [-0.4, -0.2) is 51.9 Å². The highest BCUT2D eigenvalue weighted by Crippen LogP contribution is 2.44. The molecular weight excluding hydrogens is 296 g/mol. The molecule has 1 aromatic rings. The minimum absolute atomic E-state index is 0.0953. The Hall–Kier alpha value is -1.92. The Morgan fingerprint density at radius 2 is 2.04 bits per heavy atom. The number of nitrogens with zero attached hydrogens (tertiary/aromatic N) is 4. The molecule has 0 atom stereocenters. The van der Waals surface area contributed by atoms with Crippen molar-refractivity contribution in [2.75, 3.05) is 20.1 Å². The number of rotatable bonds is 4. The molecule has 3 rings (SSSR count). The molecular formula is C16H24N4O3. The van der Waals surface area contributed by atoms with Crippen LogP contribution in [-0.2, 0) is 16.1 Å². The normalized spacial score (nSPS) is 20.3. The fourth-order valence-corrected chi connectivity index (χ4v) is 3.74. The highest BCUT2D eigenvalue weighted by molar-refractivity contribution is 5.86. The molecule has 2 heterocycles. The van der Waals surface area contributed by atoms with Gasteiger partial charge in [-0.15, -0.1) is 10.2 Å². The van der Waals surface area contributed by atoms with E-state index < -0.39 is 0 Å². The fraction of sp³-hybridized carbons (Fsp3) is 0.750. The van der Waals surface area contributed by atoms with Crippen molar-refractivity contribution in [3.8, 4) is 0 Å². The first kappa shape index (κ1) is 16.0. The van der Waals surface area contributed by atoms with Gasteiger partial charge in [-0.2, -0.15) is 0 Å². The second-order valence-electron chi connectivity index (χ2n) is 6.95. The van der Waals surface area contributed by atoms with Crippen molar-refractivity contribution in [2.45, 2.75) is 52.0 Å². The largest absolute Gasteiger partial charge is 0.424 e. The van der Waals surface area contributed by atoms with Gasteiger partial charge in [0.05, 0.1) is 13.1 Å². The Labute approximate surface area is 136 Å². The summed E-state index contributed by atoms with van der Waals surface area (Å²) in [5, 5.41) is 7.64. The van der Waals surface area contributed by atoms with E-state index >= 15 is 0 Å². The second-order valence-corrected chi connectivity index (χ2v) is 6.95. The lowest BCUT2D eigenvalue weighted by Gasteiger charge is -2.32. The van der Waals surface area contributed by atoms with Crippen molar-refractivity contribution in [3.05, 3.63) is 11.8 Å². The van der Waals surface area contributed by atoms with Gasteiger partial charge in [0.15, 0.2) is 0 Å². The van der Waals surface area contributed by atoms with Gasteiger partial charge in [-0.05, 0) is 18.3 Å². The maximum atomic E-state index is 12.4. The molecule has 7 heteroatoms. The number of likely N-dealkylation sites (N-methyl/N-ethyl adjacent to an activating group) is 1. The summed E-state index contributed by atoms with van der Waals surface area (Å²) in [5.74, 6) is 0.911. The van der Waals surface area contributed by atoms with Gasteiger partial charge in [0.1, 0.15) is 0 Å². The molecule has 0 N–H and O–H groups in total. The average Bonchev–Trinajstić information content (AvgIpc) is 3.04. The summed E-state index contributed by atoms with van der Waals surface area (Å²) >= 11 is 0. The summed E-state index contributed by atoms with van der Waals surface area (Å²) in [6, 6.07) is 0. The quantitative estimate of drug-likeness (QED) is 0.840. The Kier molecular flexibility index (Phi) is 4.37. The van der Waals surface area contributed by atoms with Crippen LogP contribution in [0.3, 0.4) is 0 Å². The Morgan fingerprint density at radius 1 is 1.30 bits per heavy atom. The van der Waals surface area contributed by atoms with E-state index in [2.05, 4.69) is 10.2 Å². The lowest BCUT2D eigenvalue weighted by atomic mass is 9.73. The molecule has 1 spiro atoms. The van der Waals surface area contributed by atoms with Gasteiger partial charge in [-0.25, -0.2) is 0 Å². The maximum Gasteiger partial charge on any atom is 0.242 e. The van der Waals surface area contributed by atoms with Gasteiger partial charge in [-0.3, -0.25) is 9.59 Å². The van der Waals surface area contributed by atoms with Crippen LogP contribution in [0.2, 0.25) is 0 Å². The molecule has 1 aromatic heterocycles. The standard InChI is InChI=1S/C16H24N4O3/c1-12-17-18-13(23-12)9-19(2)15(22)10-20-11-16(8-14(20)21)6-4-3-5-7-16/h3-11H2,1-2H3. The predicted molar refractivity (Wildman–Crippen MR) is 82.2 cm³/mol. The number of hydrogen-bond acceptors (Lipinski definition) is 5. The molecule has 126 valence electrons. The lowest BCUT2D eigenvalue weighted by Crippen LogP contribution is -2.40. The van der Waals surface area contributed by atoms with Gasteiger partial charge in [-0.1, -0.05) is 19.3 Å². The molecule has 0 radical (unpaired) electrons. The number of carbonyl (C=O) groups excluding carboxylic acids is 2. The second kappa shape index (κ2) is 6.29. The number of aromatic nitrogens is 2. The molecule has 2 fully saturated rings. The molecule has 1 saturated heterocycles. The SMILES string of the molecule is Cc1nnc(CN(C)C(=O)CN2CC3(CCCCC3)CC2=O)o1.